The molecule has 1 aromatic carbocycles. The fraction of sp³-hybridized carbons (Fsp3) is 0.562. The summed E-state index contributed by atoms with van der Waals surface area (Å²) in [5, 5.41) is 9.56. The molecule has 4 heteroatoms. The SMILES string of the molecule is C[C@H](CC(=O)N1CC[C@H]([C@H](C)O)C1)c1ccc(F)cc1. The lowest BCUT2D eigenvalue weighted by Gasteiger charge is -2.20. The van der Waals surface area contributed by atoms with Crippen LogP contribution in [-0.4, -0.2) is 35.1 Å². The van der Waals surface area contributed by atoms with E-state index in [1.54, 1.807) is 19.1 Å². The number of aliphatic hydroxyl groups excluding tert-OH is 1. The Morgan fingerprint density at radius 2 is 2.05 bits per heavy atom. The van der Waals surface area contributed by atoms with Crippen LogP contribution in [0.2, 0.25) is 0 Å². The van der Waals surface area contributed by atoms with Gasteiger partial charge in [-0.05, 0) is 37.0 Å². The van der Waals surface area contributed by atoms with Crippen molar-refractivity contribution in [3.63, 3.8) is 0 Å². The number of rotatable bonds is 4. The predicted octanol–water partition coefficient (Wildman–Crippen LogP) is 2.55. The number of hydrogen-bond donors (Lipinski definition) is 1. The van der Waals surface area contributed by atoms with Crippen molar-refractivity contribution >= 4 is 5.91 Å². The maximum absolute atomic E-state index is 12.9. The Balaban J connectivity index is 1.90. The maximum Gasteiger partial charge on any atom is 0.223 e. The quantitative estimate of drug-likeness (QED) is 0.920. The Kier molecular flexibility index (Phi) is 4.76. The monoisotopic (exact) mass is 279 g/mol. The number of likely N-dealkylation sites (tertiary alicyclic amines) is 1. The molecule has 2 rings (SSSR count). The van der Waals surface area contributed by atoms with Crippen molar-refractivity contribution in [2.24, 2.45) is 5.92 Å². The zero-order valence-corrected chi connectivity index (χ0v) is 12.1. The third-order valence-corrected chi connectivity index (χ3v) is 4.18. The summed E-state index contributed by atoms with van der Waals surface area (Å²) < 4.78 is 12.9. The fourth-order valence-electron chi connectivity index (χ4n) is 2.71. The highest BCUT2D eigenvalue weighted by molar-refractivity contribution is 5.77. The molecule has 0 bridgehead atoms. The van der Waals surface area contributed by atoms with Crippen molar-refractivity contribution in [3.05, 3.63) is 35.6 Å². The van der Waals surface area contributed by atoms with Gasteiger partial charge in [0.1, 0.15) is 5.82 Å². The van der Waals surface area contributed by atoms with Gasteiger partial charge in [0.2, 0.25) is 5.91 Å². The van der Waals surface area contributed by atoms with Crippen LogP contribution in [0.1, 0.15) is 38.2 Å². The number of amides is 1. The van der Waals surface area contributed by atoms with Gasteiger partial charge in [-0.25, -0.2) is 4.39 Å². The molecule has 0 unspecified atom stereocenters. The average Bonchev–Trinajstić information content (AvgIpc) is 2.89. The van der Waals surface area contributed by atoms with E-state index in [1.165, 1.54) is 12.1 Å². The van der Waals surface area contributed by atoms with E-state index < -0.39 is 0 Å². The molecular formula is C16H22FNO2. The molecule has 1 aromatic rings. The summed E-state index contributed by atoms with van der Waals surface area (Å²) in [6.45, 7) is 5.13. The molecule has 1 N–H and O–H groups in total. The molecule has 1 amide bonds. The zero-order valence-electron chi connectivity index (χ0n) is 12.1. The zero-order chi connectivity index (χ0) is 14.7. The predicted molar refractivity (Wildman–Crippen MR) is 75.8 cm³/mol. The van der Waals surface area contributed by atoms with Crippen molar-refractivity contribution in [1.29, 1.82) is 0 Å². The molecule has 3 atom stereocenters. The summed E-state index contributed by atoms with van der Waals surface area (Å²) in [4.78, 5) is 14.1. The van der Waals surface area contributed by atoms with E-state index in [0.29, 0.717) is 13.0 Å². The second-order valence-corrected chi connectivity index (χ2v) is 5.79. The van der Waals surface area contributed by atoms with Gasteiger partial charge < -0.3 is 10.0 Å². The van der Waals surface area contributed by atoms with Gasteiger partial charge >= 0.3 is 0 Å². The number of aliphatic hydroxyl groups is 1. The number of nitrogens with zero attached hydrogens (tertiary/aromatic N) is 1. The van der Waals surface area contributed by atoms with Crippen molar-refractivity contribution in [3.8, 4) is 0 Å². The molecule has 1 heterocycles. The molecule has 1 aliphatic rings. The molecule has 110 valence electrons. The van der Waals surface area contributed by atoms with Crippen LogP contribution in [0.5, 0.6) is 0 Å². The van der Waals surface area contributed by atoms with Crippen LogP contribution in [-0.2, 0) is 4.79 Å². The minimum Gasteiger partial charge on any atom is -0.393 e. The second-order valence-electron chi connectivity index (χ2n) is 5.79. The summed E-state index contributed by atoms with van der Waals surface area (Å²) in [6, 6.07) is 6.32. The number of halogens is 1. The number of hydrogen-bond acceptors (Lipinski definition) is 2. The first-order chi connectivity index (χ1) is 9.47. The normalized spacial score (nSPS) is 21.8. The number of carbonyl (C=O) groups is 1. The Bertz CT molecular complexity index is 458. The third-order valence-electron chi connectivity index (χ3n) is 4.18. The first-order valence-electron chi connectivity index (χ1n) is 7.18. The Morgan fingerprint density at radius 1 is 1.40 bits per heavy atom. The van der Waals surface area contributed by atoms with Crippen LogP contribution in [0.25, 0.3) is 0 Å². The minimum atomic E-state index is -0.359. The van der Waals surface area contributed by atoms with E-state index in [2.05, 4.69) is 0 Å². The van der Waals surface area contributed by atoms with Gasteiger partial charge in [0.25, 0.3) is 0 Å². The lowest BCUT2D eigenvalue weighted by Crippen LogP contribution is -2.31. The van der Waals surface area contributed by atoms with Crippen LogP contribution in [0, 0.1) is 11.7 Å². The fourth-order valence-corrected chi connectivity index (χ4v) is 2.71. The van der Waals surface area contributed by atoms with E-state index >= 15 is 0 Å². The molecule has 0 aromatic heterocycles. The molecule has 3 nitrogen and oxygen atoms in total. The summed E-state index contributed by atoms with van der Waals surface area (Å²) in [5.41, 5.74) is 0.978. The van der Waals surface area contributed by atoms with Gasteiger partial charge in [0.05, 0.1) is 6.10 Å². The Hall–Kier alpha value is -1.42. The van der Waals surface area contributed by atoms with Crippen molar-refractivity contribution in [1.82, 2.24) is 4.90 Å². The number of carbonyl (C=O) groups excluding carboxylic acids is 1. The molecule has 1 fully saturated rings. The molecule has 0 radical (unpaired) electrons. The lowest BCUT2D eigenvalue weighted by atomic mass is 9.97. The average molecular weight is 279 g/mol. The van der Waals surface area contributed by atoms with Gasteiger partial charge in [-0.1, -0.05) is 19.1 Å². The van der Waals surface area contributed by atoms with E-state index in [-0.39, 0.29) is 29.7 Å². The van der Waals surface area contributed by atoms with Crippen LogP contribution >= 0.6 is 0 Å². The topological polar surface area (TPSA) is 40.5 Å². The molecule has 1 saturated heterocycles. The van der Waals surface area contributed by atoms with Gasteiger partial charge in [-0.3, -0.25) is 4.79 Å². The van der Waals surface area contributed by atoms with E-state index in [1.807, 2.05) is 11.8 Å². The maximum atomic E-state index is 12.9. The van der Waals surface area contributed by atoms with Crippen LogP contribution in [0.3, 0.4) is 0 Å². The molecule has 0 saturated carbocycles. The molecule has 20 heavy (non-hydrogen) atoms. The highest BCUT2D eigenvalue weighted by Gasteiger charge is 2.29. The lowest BCUT2D eigenvalue weighted by molar-refractivity contribution is -0.130. The Morgan fingerprint density at radius 3 is 2.60 bits per heavy atom. The van der Waals surface area contributed by atoms with E-state index in [4.69, 9.17) is 0 Å². The van der Waals surface area contributed by atoms with E-state index in [9.17, 15) is 14.3 Å². The summed E-state index contributed by atoms with van der Waals surface area (Å²) in [5.74, 6) is 0.130. The van der Waals surface area contributed by atoms with Crippen LogP contribution in [0.15, 0.2) is 24.3 Å². The molecular weight excluding hydrogens is 257 g/mol. The van der Waals surface area contributed by atoms with Crippen molar-refractivity contribution in [2.75, 3.05) is 13.1 Å². The van der Waals surface area contributed by atoms with Gasteiger partial charge in [0.15, 0.2) is 0 Å². The third kappa shape index (κ3) is 3.57. The van der Waals surface area contributed by atoms with Crippen LogP contribution < -0.4 is 0 Å². The molecule has 1 aliphatic heterocycles. The Labute approximate surface area is 119 Å². The van der Waals surface area contributed by atoms with Gasteiger partial charge in [0, 0.05) is 25.4 Å². The van der Waals surface area contributed by atoms with E-state index in [0.717, 1.165) is 18.5 Å². The largest absolute Gasteiger partial charge is 0.393 e. The first kappa shape index (κ1) is 15.0. The van der Waals surface area contributed by atoms with Crippen molar-refractivity contribution < 1.29 is 14.3 Å². The summed E-state index contributed by atoms with van der Waals surface area (Å²) in [6.07, 6.45) is 0.939. The molecule has 0 aliphatic carbocycles. The number of benzene rings is 1. The smallest absolute Gasteiger partial charge is 0.223 e. The van der Waals surface area contributed by atoms with Crippen LogP contribution in [0.4, 0.5) is 4.39 Å². The highest BCUT2D eigenvalue weighted by atomic mass is 19.1. The highest BCUT2D eigenvalue weighted by Crippen LogP contribution is 2.24. The standard InChI is InChI=1S/C16H22FNO2/c1-11(13-3-5-15(17)6-4-13)9-16(20)18-8-7-14(10-18)12(2)19/h3-6,11-12,14,19H,7-10H2,1-2H3/t11-,12+,14+/m1/s1. The minimum absolute atomic E-state index is 0.0775. The summed E-state index contributed by atoms with van der Waals surface area (Å²) >= 11 is 0. The molecule has 0 spiro atoms. The van der Waals surface area contributed by atoms with Gasteiger partial charge in [-0.2, -0.15) is 0 Å². The summed E-state index contributed by atoms with van der Waals surface area (Å²) in [7, 11) is 0. The van der Waals surface area contributed by atoms with Crippen molar-refractivity contribution in [2.45, 2.75) is 38.7 Å². The van der Waals surface area contributed by atoms with Gasteiger partial charge in [-0.15, -0.1) is 0 Å². The second kappa shape index (κ2) is 6.35. The first-order valence-corrected chi connectivity index (χ1v) is 7.18.